The highest BCUT2D eigenvalue weighted by Crippen LogP contribution is 2.18. The zero-order valence-electron chi connectivity index (χ0n) is 11.1. The molecule has 0 aromatic carbocycles. The number of nitrogens with zero attached hydrogens (tertiary/aromatic N) is 4. The van der Waals surface area contributed by atoms with Crippen molar-refractivity contribution in [2.75, 3.05) is 38.5 Å². The van der Waals surface area contributed by atoms with Crippen molar-refractivity contribution in [1.29, 1.82) is 0 Å². The van der Waals surface area contributed by atoms with Gasteiger partial charge in [-0.25, -0.2) is 0 Å². The van der Waals surface area contributed by atoms with Crippen molar-refractivity contribution in [2.45, 2.75) is 20.4 Å². The molecular weight excluding hydrogens is 214 g/mol. The van der Waals surface area contributed by atoms with Crippen molar-refractivity contribution < 1.29 is 0 Å². The highest BCUT2D eigenvalue weighted by molar-refractivity contribution is 5.42. The van der Waals surface area contributed by atoms with Crippen LogP contribution in [0, 0.1) is 6.92 Å². The highest BCUT2D eigenvalue weighted by Gasteiger charge is 2.19. The number of rotatable bonds is 3. The molecule has 2 N–H and O–H groups in total. The molecule has 1 aliphatic rings. The number of aryl methyl sites for hydroxylation is 2. The lowest BCUT2D eigenvalue weighted by Crippen LogP contribution is -2.45. The molecule has 0 bridgehead atoms. The first-order valence-electron chi connectivity index (χ1n) is 6.34. The highest BCUT2D eigenvalue weighted by atomic mass is 15.3. The van der Waals surface area contributed by atoms with Crippen LogP contribution in [0.4, 0.5) is 5.82 Å². The van der Waals surface area contributed by atoms with E-state index in [1.54, 1.807) is 4.68 Å². The van der Waals surface area contributed by atoms with E-state index in [1.165, 1.54) is 5.56 Å². The predicted octanol–water partition coefficient (Wildman–Crippen LogP) is 0.448. The summed E-state index contributed by atoms with van der Waals surface area (Å²) in [5, 5.41) is 4.36. The summed E-state index contributed by atoms with van der Waals surface area (Å²) in [5.74, 6) is 0.806. The molecule has 1 aliphatic heterocycles. The van der Waals surface area contributed by atoms with Crippen LogP contribution in [0.25, 0.3) is 0 Å². The minimum Gasteiger partial charge on any atom is -0.384 e. The second-order valence-electron chi connectivity index (χ2n) is 4.78. The van der Waals surface area contributed by atoms with Crippen LogP contribution in [0.15, 0.2) is 0 Å². The normalized spacial score (nSPS) is 18.8. The summed E-state index contributed by atoms with van der Waals surface area (Å²) in [6.45, 7) is 10.9. The quantitative estimate of drug-likeness (QED) is 0.829. The number of nitrogen functional groups attached to an aromatic ring is 1. The van der Waals surface area contributed by atoms with Crippen molar-refractivity contribution in [3.63, 3.8) is 0 Å². The Hall–Kier alpha value is -1.07. The Morgan fingerprint density at radius 3 is 2.24 bits per heavy atom. The summed E-state index contributed by atoms with van der Waals surface area (Å²) < 4.78 is 1.77. The Labute approximate surface area is 103 Å². The van der Waals surface area contributed by atoms with E-state index in [0.29, 0.717) is 0 Å². The molecule has 0 spiro atoms. The number of aromatic nitrogens is 2. The molecule has 0 radical (unpaired) electrons. The Kier molecular flexibility index (Phi) is 3.69. The molecular formula is C12H23N5. The molecule has 2 rings (SSSR count). The molecule has 0 unspecified atom stereocenters. The van der Waals surface area contributed by atoms with Gasteiger partial charge in [0, 0.05) is 45.3 Å². The van der Waals surface area contributed by atoms with Gasteiger partial charge >= 0.3 is 0 Å². The van der Waals surface area contributed by atoms with E-state index < -0.39 is 0 Å². The molecule has 2 heterocycles. The fourth-order valence-corrected chi connectivity index (χ4v) is 2.40. The molecule has 0 aliphatic carbocycles. The molecule has 1 aromatic rings. The molecule has 96 valence electrons. The fourth-order valence-electron chi connectivity index (χ4n) is 2.40. The zero-order valence-corrected chi connectivity index (χ0v) is 11.1. The predicted molar refractivity (Wildman–Crippen MR) is 69.7 cm³/mol. The molecule has 5 heteroatoms. The minimum atomic E-state index is 0.806. The first kappa shape index (κ1) is 12.4. The smallest absolute Gasteiger partial charge is 0.126 e. The van der Waals surface area contributed by atoms with Gasteiger partial charge < -0.3 is 10.6 Å². The largest absolute Gasteiger partial charge is 0.384 e. The topological polar surface area (TPSA) is 50.3 Å². The maximum absolute atomic E-state index is 6.04. The van der Waals surface area contributed by atoms with Crippen molar-refractivity contribution in [3.05, 3.63) is 11.3 Å². The van der Waals surface area contributed by atoms with Crippen LogP contribution in [0.3, 0.4) is 0 Å². The molecule has 0 saturated carbocycles. The van der Waals surface area contributed by atoms with Crippen LogP contribution >= 0.6 is 0 Å². The van der Waals surface area contributed by atoms with Gasteiger partial charge in [-0.1, -0.05) is 6.92 Å². The second kappa shape index (κ2) is 5.06. The van der Waals surface area contributed by atoms with Gasteiger partial charge in [0.15, 0.2) is 0 Å². The van der Waals surface area contributed by atoms with Crippen LogP contribution in [-0.4, -0.2) is 52.3 Å². The van der Waals surface area contributed by atoms with Crippen molar-refractivity contribution in [1.82, 2.24) is 19.6 Å². The van der Waals surface area contributed by atoms with Gasteiger partial charge in [0.2, 0.25) is 0 Å². The van der Waals surface area contributed by atoms with Crippen LogP contribution in [-0.2, 0) is 13.6 Å². The zero-order chi connectivity index (χ0) is 12.4. The number of anilines is 1. The summed E-state index contributed by atoms with van der Waals surface area (Å²) in [6.07, 6.45) is 0. The Morgan fingerprint density at radius 2 is 1.76 bits per heavy atom. The number of hydrogen-bond donors (Lipinski definition) is 1. The second-order valence-corrected chi connectivity index (χ2v) is 4.78. The third-order valence-electron chi connectivity index (χ3n) is 3.69. The first-order chi connectivity index (χ1) is 8.11. The first-order valence-corrected chi connectivity index (χ1v) is 6.34. The van der Waals surface area contributed by atoms with E-state index in [0.717, 1.165) is 50.8 Å². The third kappa shape index (κ3) is 2.61. The van der Waals surface area contributed by atoms with Crippen LogP contribution in [0.1, 0.15) is 18.2 Å². The van der Waals surface area contributed by atoms with Crippen molar-refractivity contribution in [3.8, 4) is 0 Å². The molecule has 5 nitrogen and oxygen atoms in total. The average Bonchev–Trinajstić information content (AvgIpc) is 2.57. The SMILES string of the molecule is CCN1CCN(Cc2c(C)nn(C)c2N)CC1. The molecule has 1 aromatic heterocycles. The van der Waals surface area contributed by atoms with Crippen molar-refractivity contribution in [2.24, 2.45) is 7.05 Å². The Morgan fingerprint density at radius 1 is 1.18 bits per heavy atom. The van der Waals surface area contributed by atoms with E-state index in [2.05, 4.69) is 21.8 Å². The number of piperazine rings is 1. The maximum Gasteiger partial charge on any atom is 0.126 e. The van der Waals surface area contributed by atoms with E-state index in [9.17, 15) is 0 Å². The maximum atomic E-state index is 6.04. The molecule has 0 atom stereocenters. The monoisotopic (exact) mass is 237 g/mol. The average molecular weight is 237 g/mol. The fraction of sp³-hybridized carbons (Fsp3) is 0.750. The summed E-state index contributed by atoms with van der Waals surface area (Å²) in [4.78, 5) is 4.95. The van der Waals surface area contributed by atoms with Gasteiger partial charge in [0.25, 0.3) is 0 Å². The van der Waals surface area contributed by atoms with E-state index in [4.69, 9.17) is 5.73 Å². The molecule has 1 fully saturated rings. The summed E-state index contributed by atoms with van der Waals surface area (Å²) in [7, 11) is 1.90. The van der Waals surface area contributed by atoms with Crippen molar-refractivity contribution >= 4 is 5.82 Å². The summed E-state index contributed by atoms with van der Waals surface area (Å²) in [5.41, 5.74) is 8.29. The third-order valence-corrected chi connectivity index (χ3v) is 3.69. The molecule has 1 saturated heterocycles. The standard InChI is InChI=1S/C12H23N5/c1-4-16-5-7-17(8-6-16)9-11-10(2)14-15(3)12(11)13/h4-9,13H2,1-3H3. The van der Waals surface area contributed by atoms with Gasteiger partial charge in [-0.3, -0.25) is 9.58 Å². The lowest BCUT2D eigenvalue weighted by atomic mass is 10.2. The number of likely N-dealkylation sites (N-methyl/N-ethyl adjacent to an activating group) is 1. The summed E-state index contributed by atoms with van der Waals surface area (Å²) in [6, 6.07) is 0. The van der Waals surface area contributed by atoms with Crippen LogP contribution < -0.4 is 5.73 Å². The van der Waals surface area contributed by atoms with Crippen LogP contribution in [0.2, 0.25) is 0 Å². The lowest BCUT2D eigenvalue weighted by molar-refractivity contribution is 0.132. The van der Waals surface area contributed by atoms with Crippen LogP contribution in [0.5, 0.6) is 0 Å². The van der Waals surface area contributed by atoms with E-state index in [-0.39, 0.29) is 0 Å². The van der Waals surface area contributed by atoms with Gasteiger partial charge in [-0.2, -0.15) is 5.10 Å². The minimum absolute atomic E-state index is 0.806. The number of nitrogens with two attached hydrogens (primary N) is 1. The Bertz CT molecular complexity index is 376. The van der Waals surface area contributed by atoms with Gasteiger partial charge in [-0.15, -0.1) is 0 Å². The summed E-state index contributed by atoms with van der Waals surface area (Å²) >= 11 is 0. The number of hydrogen-bond acceptors (Lipinski definition) is 4. The van der Waals surface area contributed by atoms with E-state index >= 15 is 0 Å². The molecule has 17 heavy (non-hydrogen) atoms. The van der Waals surface area contributed by atoms with E-state index in [1.807, 2.05) is 14.0 Å². The van der Waals surface area contributed by atoms with Gasteiger partial charge in [-0.05, 0) is 13.5 Å². The Balaban J connectivity index is 1.98. The van der Waals surface area contributed by atoms with Gasteiger partial charge in [0.05, 0.1) is 5.69 Å². The molecule has 0 amide bonds. The van der Waals surface area contributed by atoms with Gasteiger partial charge in [0.1, 0.15) is 5.82 Å². The lowest BCUT2D eigenvalue weighted by Gasteiger charge is -2.33.